The molecule has 7 heteroatoms. The van der Waals surface area contributed by atoms with Gasteiger partial charge in [0.1, 0.15) is 17.0 Å². The van der Waals surface area contributed by atoms with E-state index in [4.69, 9.17) is 0 Å². The summed E-state index contributed by atoms with van der Waals surface area (Å²) in [7, 11) is -3.66. The van der Waals surface area contributed by atoms with Gasteiger partial charge in [-0.1, -0.05) is 0 Å². The summed E-state index contributed by atoms with van der Waals surface area (Å²) in [6.45, 7) is 3.46. The van der Waals surface area contributed by atoms with Crippen molar-refractivity contribution in [2.75, 3.05) is 4.72 Å². The summed E-state index contributed by atoms with van der Waals surface area (Å²) in [5, 5.41) is 0. The van der Waals surface area contributed by atoms with Gasteiger partial charge in [-0.25, -0.2) is 18.4 Å². The number of aryl methyl sites for hydroxylation is 2. The molecule has 6 nitrogen and oxygen atoms in total. The Morgan fingerprint density at radius 2 is 1.94 bits per heavy atom. The summed E-state index contributed by atoms with van der Waals surface area (Å²) in [5.74, 6) is 0.227. The van der Waals surface area contributed by atoms with E-state index in [9.17, 15) is 8.42 Å². The Bertz CT molecular complexity index is 656. The van der Waals surface area contributed by atoms with Gasteiger partial charge in [-0.3, -0.25) is 9.71 Å². The summed E-state index contributed by atoms with van der Waals surface area (Å²) in [6.07, 6.45) is 2.74. The number of sulfonamides is 1. The van der Waals surface area contributed by atoms with Crippen LogP contribution in [0.2, 0.25) is 0 Å². The van der Waals surface area contributed by atoms with Crippen LogP contribution in [0.3, 0.4) is 0 Å². The normalized spacial score (nSPS) is 11.2. The molecule has 0 amide bonds. The van der Waals surface area contributed by atoms with Crippen molar-refractivity contribution in [1.82, 2.24) is 15.0 Å². The van der Waals surface area contributed by atoms with Crippen LogP contribution in [0.4, 0.5) is 5.82 Å². The standard InChI is InChI=1S/C11H12N4O2S/c1-8-3-4-10(9(2)14-8)18(16,17)15-11-5-6-12-7-13-11/h3-7H,1-2H3,(H,12,13,15). The molecule has 0 radical (unpaired) electrons. The molecule has 2 heterocycles. The molecule has 0 aliphatic heterocycles. The van der Waals surface area contributed by atoms with Crippen LogP contribution >= 0.6 is 0 Å². The third kappa shape index (κ3) is 2.62. The van der Waals surface area contributed by atoms with Gasteiger partial charge in [0.05, 0.1) is 5.69 Å². The molecule has 0 bridgehead atoms. The minimum atomic E-state index is -3.66. The Morgan fingerprint density at radius 1 is 1.17 bits per heavy atom. The number of nitrogens with zero attached hydrogens (tertiary/aromatic N) is 3. The molecule has 0 unspecified atom stereocenters. The van der Waals surface area contributed by atoms with Crippen molar-refractivity contribution < 1.29 is 8.42 Å². The van der Waals surface area contributed by atoms with Crippen LogP contribution in [0.25, 0.3) is 0 Å². The molecular formula is C11H12N4O2S. The van der Waals surface area contributed by atoms with Gasteiger partial charge in [0, 0.05) is 11.9 Å². The van der Waals surface area contributed by atoms with E-state index in [0.29, 0.717) is 5.69 Å². The predicted octanol–water partition coefficient (Wildman–Crippen LogP) is 1.29. The van der Waals surface area contributed by atoms with E-state index >= 15 is 0 Å². The molecule has 0 atom stereocenters. The van der Waals surface area contributed by atoms with Crippen molar-refractivity contribution in [3.8, 4) is 0 Å². The first-order valence-corrected chi connectivity index (χ1v) is 6.70. The molecule has 2 aromatic heterocycles. The minimum absolute atomic E-state index is 0.145. The molecule has 0 saturated heterocycles. The predicted molar refractivity (Wildman–Crippen MR) is 66.6 cm³/mol. The van der Waals surface area contributed by atoms with E-state index in [1.54, 1.807) is 19.9 Å². The van der Waals surface area contributed by atoms with E-state index in [1.807, 2.05) is 0 Å². The fourth-order valence-electron chi connectivity index (χ4n) is 1.50. The number of hydrogen-bond donors (Lipinski definition) is 1. The first-order valence-electron chi connectivity index (χ1n) is 5.22. The number of rotatable bonds is 3. The van der Waals surface area contributed by atoms with Crippen molar-refractivity contribution in [1.29, 1.82) is 0 Å². The molecule has 0 aromatic carbocycles. The zero-order chi connectivity index (χ0) is 13.2. The lowest BCUT2D eigenvalue weighted by Crippen LogP contribution is -2.15. The molecule has 94 valence electrons. The van der Waals surface area contributed by atoms with Crippen LogP contribution in [0.15, 0.2) is 35.6 Å². The molecule has 0 aliphatic rings. The lowest BCUT2D eigenvalue weighted by Gasteiger charge is -2.09. The average molecular weight is 264 g/mol. The van der Waals surface area contributed by atoms with Crippen LogP contribution in [0, 0.1) is 13.8 Å². The summed E-state index contributed by atoms with van der Waals surface area (Å²) in [4.78, 5) is 11.8. The van der Waals surface area contributed by atoms with E-state index in [0.717, 1.165) is 5.69 Å². The largest absolute Gasteiger partial charge is 0.264 e. The smallest absolute Gasteiger partial charge is 0.263 e. The highest BCUT2D eigenvalue weighted by molar-refractivity contribution is 7.92. The van der Waals surface area contributed by atoms with Crippen LogP contribution in [-0.4, -0.2) is 23.4 Å². The van der Waals surface area contributed by atoms with E-state index < -0.39 is 10.0 Å². The minimum Gasteiger partial charge on any atom is -0.263 e. The molecule has 2 aromatic rings. The molecule has 0 aliphatic carbocycles. The van der Waals surface area contributed by atoms with Crippen molar-refractivity contribution in [3.05, 3.63) is 42.1 Å². The Balaban J connectivity index is 2.37. The van der Waals surface area contributed by atoms with Crippen molar-refractivity contribution >= 4 is 15.8 Å². The van der Waals surface area contributed by atoms with Crippen LogP contribution in [0.5, 0.6) is 0 Å². The zero-order valence-electron chi connectivity index (χ0n) is 9.95. The summed E-state index contributed by atoms with van der Waals surface area (Å²) in [5.41, 5.74) is 1.23. The Kier molecular flexibility index (Phi) is 3.24. The number of nitrogens with one attached hydrogen (secondary N) is 1. The third-order valence-corrected chi connectivity index (χ3v) is 3.78. The Morgan fingerprint density at radius 3 is 2.56 bits per heavy atom. The topological polar surface area (TPSA) is 84.8 Å². The van der Waals surface area contributed by atoms with Crippen LogP contribution in [-0.2, 0) is 10.0 Å². The molecule has 2 rings (SSSR count). The van der Waals surface area contributed by atoms with Crippen LogP contribution < -0.4 is 4.72 Å². The maximum atomic E-state index is 12.1. The Hall–Kier alpha value is -2.02. The second-order valence-corrected chi connectivity index (χ2v) is 5.39. The number of aromatic nitrogens is 3. The second-order valence-electron chi connectivity index (χ2n) is 3.74. The summed E-state index contributed by atoms with van der Waals surface area (Å²) in [6, 6.07) is 4.66. The molecule has 0 saturated carbocycles. The second kappa shape index (κ2) is 4.69. The number of anilines is 1. The highest BCUT2D eigenvalue weighted by atomic mass is 32.2. The van der Waals surface area contributed by atoms with Gasteiger partial charge in [-0.05, 0) is 32.0 Å². The number of hydrogen-bond acceptors (Lipinski definition) is 5. The molecule has 1 N–H and O–H groups in total. The lowest BCUT2D eigenvalue weighted by molar-refractivity contribution is 0.599. The van der Waals surface area contributed by atoms with Crippen LogP contribution in [0.1, 0.15) is 11.4 Å². The average Bonchev–Trinajstić information content (AvgIpc) is 2.29. The monoisotopic (exact) mass is 264 g/mol. The number of pyridine rings is 1. The third-order valence-electron chi connectivity index (χ3n) is 2.29. The molecule has 0 spiro atoms. The fourth-order valence-corrected chi connectivity index (χ4v) is 2.69. The van der Waals surface area contributed by atoms with Gasteiger partial charge in [-0.2, -0.15) is 0 Å². The molecule has 0 fully saturated rings. The van der Waals surface area contributed by atoms with E-state index in [1.165, 1.54) is 24.7 Å². The highest BCUT2D eigenvalue weighted by Gasteiger charge is 2.18. The summed E-state index contributed by atoms with van der Waals surface area (Å²) >= 11 is 0. The van der Waals surface area contributed by atoms with Crippen molar-refractivity contribution in [3.63, 3.8) is 0 Å². The van der Waals surface area contributed by atoms with Gasteiger partial charge < -0.3 is 0 Å². The van der Waals surface area contributed by atoms with Gasteiger partial charge >= 0.3 is 0 Å². The zero-order valence-corrected chi connectivity index (χ0v) is 10.8. The molecule has 18 heavy (non-hydrogen) atoms. The van der Waals surface area contributed by atoms with E-state index in [-0.39, 0.29) is 10.7 Å². The van der Waals surface area contributed by atoms with Gasteiger partial charge in [0.25, 0.3) is 10.0 Å². The maximum Gasteiger partial charge on any atom is 0.264 e. The van der Waals surface area contributed by atoms with E-state index in [2.05, 4.69) is 19.7 Å². The highest BCUT2D eigenvalue weighted by Crippen LogP contribution is 2.16. The SMILES string of the molecule is Cc1ccc(S(=O)(=O)Nc2ccncn2)c(C)n1. The van der Waals surface area contributed by atoms with Gasteiger partial charge in [0.2, 0.25) is 0 Å². The molecular weight excluding hydrogens is 252 g/mol. The first-order chi connectivity index (χ1) is 8.49. The fraction of sp³-hybridized carbons (Fsp3) is 0.182. The summed E-state index contributed by atoms with van der Waals surface area (Å²) < 4.78 is 26.6. The van der Waals surface area contributed by atoms with Crippen molar-refractivity contribution in [2.24, 2.45) is 0 Å². The van der Waals surface area contributed by atoms with Gasteiger partial charge in [0.15, 0.2) is 0 Å². The van der Waals surface area contributed by atoms with Crippen molar-refractivity contribution in [2.45, 2.75) is 18.7 Å². The first kappa shape index (κ1) is 12.4. The lowest BCUT2D eigenvalue weighted by atomic mass is 10.3. The van der Waals surface area contributed by atoms with Gasteiger partial charge in [-0.15, -0.1) is 0 Å². The Labute approximate surface area is 105 Å². The maximum absolute atomic E-state index is 12.1. The quantitative estimate of drug-likeness (QED) is 0.902.